The standard InChI is InChI=1S/C18H10ClF4NO2/c19-11-3-6-13(18(21,22)23)14(9-11)24-17(25)16-8-7-15(26-16)10-1-4-12(20)5-2-10/h1-9H,(H,24,25). The lowest BCUT2D eigenvalue weighted by Gasteiger charge is -2.13. The number of anilines is 1. The fraction of sp³-hybridized carbons (Fsp3) is 0.0556. The predicted octanol–water partition coefficient (Wildman–Crippen LogP) is 6.01. The third-order valence-corrected chi connectivity index (χ3v) is 3.73. The Kier molecular flexibility index (Phi) is 4.73. The number of carbonyl (C=O) groups is 1. The molecular weight excluding hydrogens is 374 g/mol. The zero-order valence-electron chi connectivity index (χ0n) is 12.9. The molecule has 26 heavy (non-hydrogen) atoms. The summed E-state index contributed by atoms with van der Waals surface area (Å²) in [6.07, 6.45) is -4.66. The second-order valence-electron chi connectivity index (χ2n) is 5.31. The van der Waals surface area contributed by atoms with Crippen LogP contribution in [0.1, 0.15) is 16.1 Å². The number of hydrogen-bond acceptors (Lipinski definition) is 2. The maximum atomic E-state index is 13.0. The van der Waals surface area contributed by atoms with Crippen molar-refractivity contribution in [2.75, 3.05) is 5.32 Å². The summed E-state index contributed by atoms with van der Waals surface area (Å²) < 4.78 is 57.4. The van der Waals surface area contributed by atoms with Crippen LogP contribution in [0.5, 0.6) is 0 Å². The molecule has 0 saturated carbocycles. The van der Waals surface area contributed by atoms with Crippen LogP contribution in [0.15, 0.2) is 59.0 Å². The average Bonchev–Trinajstić information content (AvgIpc) is 3.04. The van der Waals surface area contributed by atoms with E-state index < -0.39 is 29.2 Å². The molecule has 0 atom stereocenters. The molecule has 0 aliphatic rings. The van der Waals surface area contributed by atoms with Crippen molar-refractivity contribution < 1.29 is 26.8 Å². The minimum Gasteiger partial charge on any atom is -0.451 e. The van der Waals surface area contributed by atoms with Gasteiger partial charge in [-0.3, -0.25) is 4.79 Å². The summed E-state index contributed by atoms with van der Waals surface area (Å²) in [4.78, 5) is 12.2. The SMILES string of the molecule is O=C(Nc1cc(Cl)ccc1C(F)(F)F)c1ccc(-c2ccc(F)cc2)o1. The molecule has 0 aliphatic carbocycles. The molecule has 3 aromatic rings. The number of amides is 1. The van der Waals surface area contributed by atoms with Crippen LogP contribution in [0.4, 0.5) is 23.2 Å². The second-order valence-corrected chi connectivity index (χ2v) is 5.75. The normalized spacial score (nSPS) is 11.4. The van der Waals surface area contributed by atoms with Gasteiger partial charge >= 0.3 is 6.18 Å². The molecule has 3 rings (SSSR count). The Morgan fingerprint density at radius 1 is 1.00 bits per heavy atom. The first-order valence-electron chi connectivity index (χ1n) is 7.28. The molecular formula is C18H10ClF4NO2. The summed E-state index contributed by atoms with van der Waals surface area (Å²) in [7, 11) is 0. The van der Waals surface area contributed by atoms with Gasteiger partial charge in [0, 0.05) is 10.6 Å². The van der Waals surface area contributed by atoms with Crippen molar-refractivity contribution >= 4 is 23.2 Å². The van der Waals surface area contributed by atoms with Crippen LogP contribution in [-0.4, -0.2) is 5.91 Å². The van der Waals surface area contributed by atoms with Crippen molar-refractivity contribution in [1.82, 2.24) is 0 Å². The molecule has 134 valence electrons. The Balaban J connectivity index is 1.86. The van der Waals surface area contributed by atoms with Crippen LogP contribution < -0.4 is 5.32 Å². The summed E-state index contributed by atoms with van der Waals surface area (Å²) in [5, 5.41) is 2.19. The van der Waals surface area contributed by atoms with Crippen molar-refractivity contribution in [3.8, 4) is 11.3 Å². The fourth-order valence-electron chi connectivity index (χ4n) is 2.28. The fourth-order valence-corrected chi connectivity index (χ4v) is 2.45. The highest BCUT2D eigenvalue weighted by atomic mass is 35.5. The molecule has 1 amide bonds. The molecule has 1 aromatic heterocycles. The molecule has 0 radical (unpaired) electrons. The molecule has 0 bridgehead atoms. The van der Waals surface area contributed by atoms with Gasteiger partial charge in [0.15, 0.2) is 5.76 Å². The van der Waals surface area contributed by atoms with Gasteiger partial charge in [0.2, 0.25) is 0 Å². The van der Waals surface area contributed by atoms with Gasteiger partial charge in [0.1, 0.15) is 11.6 Å². The van der Waals surface area contributed by atoms with E-state index >= 15 is 0 Å². The lowest BCUT2D eigenvalue weighted by atomic mass is 10.1. The van der Waals surface area contributed by atoms with E-state index in [0.717, 1.165) is 18.2 Å². The number of alkyl halides is 3. The first kappa shape index (κ1) is 18.0. The van der Waals surface area contributed by atoms with E-state index in [1.165, 1.54) is 36.4 Å². The Bertz CT molecular complexity index is 949. The Labute approximate surface area is 150 Å². The zero-order valence-corrected chi connectivity index (χ0v) is 13.7. The Hall–Kier alpha value is -2.80. The van der Waals surface area contributed by atoms with Gasteiger partial charge in [-0.1, -0.05) is 11.6 Å². The minimum absolute atomic E-state index is 0.0414. The molecule has 0 aliphatic heterocycles. The zero-order chi connectivity index (χ0) is 18.9. The Morgan fingerprint density at radius 2 is 1.69 bits per heavy atom. The lowest BCUT2D eigenvalue weighted by Crippen LogP contribution is -2.16. The third kappa shape index (κ3) is 3.88. The lowest BCUT2D eigenvalue weighted by molar-refractivity contribution is -0.136. The second kappa shape index (κ2) is 6.84. The smallest absolute Gasteiger partial charge is 0.418 e. The van der Waals surface area contributed by atoms with Crippen molar-refractivity contribution in [3.05, 3.63) is 76.8 Å². The number of benzene rings is 2. The summed E-state index contributed by atoms with van der Waals surface area (Å²) in [5.41, 5.74) is -0.987. The molecule has 0 saturated heterocycles. The Morgan fingerprint density at radius 3 is 2.35 bits per heavy atom. The molecule has 3 nitrogen and oxygen atoms in total. The maximum Gasteiger partial charge on any atom is 0.418 e. The highest BCUT2D eigenvalue weighted by Gasteiger charge is 2.34. The monoisotopic (exact) mass is 383 g/mol. The highest BCUT2D eigenvalue weighted by molar-refractivity contribution is 6.31. The maximum absolute atomic E-state index is 13.0. The van der Waals surface area contributed by atoms with Gasteiger partial charge in [-0.05, 0) is 54.6 Å². The van der Waals surface area contributed by atoms with Crippen molar-refractivity contribution in [2.24, 2.45) is 0 Å². The quantitative estimate of drug-likeness (QED) is 0.563. The predicted molar refractivity (Wildman–Crippen MR) is 88.5 cm³/mol. The molecule has 0 fully saturated rings. The highest BCUT2D eigenvalue weighted by Crippen LogP contribution is 2.36. The number of nitrogens with one attached hydrogen (secondary N) is 1. The summed E-state index contributed by atoms with van der Waals surface area (Å²) in [6, 6.07) is 11.0. The topological polar surface area (TPSA) is 42.2 Å². The molecule has 0 spiro atoms. The van der Waals surface area contributed by atoms with E-state index in [1.54, 1.807) is 0 Å². The summed E-state index contributed by atoms with van der Waals surface area (Å²) in [6.45, 7) is 0. The number of carbonyl (C=O) groups excluding carboxylic acids is 1. The molecule has 1 N–H and O–H groups in total. The summed E-state index contributed by atoms with van der Waals surface area (Å²) in [5.74, 6) is -1.22. The van der Waals surface area contributed by atoms with Gasteiger partial charge in [0.05, 0.1) is 11.3 Å². The number of halogens is 5. The van der Waals surface area contributed by atoms with Crippen molar-refractivity contribution in [3.63, 3.8) is 0 Å². The van der Waals surface area contributed by atoms with Gasteiger partial charge in [-0.15, -0.1) is 0 Å². The van der Waals surface area contributed by atoms with Gasteiger partial charge in [-0.2, -0.15) is 13.2 Å². The molecule has 0 unspecified atom stereocenters. The van der Waals surface area contributed by atoms with E-state index in [2.05, 4.69) is 5.32 Å². The first-order valence-corrected chi connectivity index (χ1v) is 7.66. The van der Waals surface area contributed by atoms with Crippen LogP contribution in [-0.2, 0) is 6.18 Å². The van der Waals surface area contributed by atoms with Gasteiger partial charge in [-0.25, -0.2) is 4.39 Å². The largest absolute Gasteiger partial charge is 0.451 e. The number of furan rings is 1. The van der Waals surface area contributed by atoms with Crippen LogP contribution in [0.3, 0.4) is 0 Å². The van der Waals surface area contributed by atoms with Crippen molar-refractivity contribution in [1.29, 1.82) is 0 Å². The third-order valence-electron chi connectivity index (χ3n) is 3.49. The van der Waals surface area contributed by atoms with Crippen LogP contribution in [0, 0.1) is 5.82 Å². The number of rotatable bonds is 3. The molecule has 8 heteroatoms. The van der Waals surface area contributed by atoms with Gasteiger partial charge in [0.25, 0.3) is 5.91 Å². The number of hydrogen-bond donors (Lipinski definition) is 1. The minimum atomic E-state index is -4.66. The van der Waals surface area contributed by atoms with E-state index in [4.69, 9.17) is 16.0 Å². The summed E-state index contributed by atoms with van der Waals surface area (Å²) >= 11 is 5.72. The van der Waals surface area contributed by atoms with Crippen LogP contribution in [0.2, 0.25) is 5.02 Å². The van der Waals surface area contributed by atoms with E-state index in [-0.39, 0.29) is 16.5 Å². The first-order chi connectivity index (χ1) is 12.2. The van der Waals surface area contributed by atoms with Gasteiger partial charge < -0.3 is 9.73 Å². The van der Waals surface area contributed by atoms with Crippen LogP contribution in [0.25, 0.3) is 11.3 Å². The van der Waals surface area contributed by atoms with E-state index in [1.807, 2.05) is 0 Å². The molecule has 2 aromatic carbocycles. The van der Waals surface area contributed by atoms with Crippen LogP contribution >= 0.6 is 11.6 Å². The van der Waals surface area contributed by atoms with E-state index in [9.17, 15) is 22.4 Å². The van der Waals surface area contributed by atoms with Crippen molar-refractivity contribution in [2.45, 2.75) is 6.18 Å². The average molecular weight is 384 g/mol. The molecule has 1 heterocycles. The van der Waals surface area contributed by atoms with E-state index in [0.29, 0.717) is 5.56 Å².